The molecule has 2 atom stereocenters. The lowest BCUT2D eigenvalue weighted by Crippen LogP contribution is -2.58. The number of nitrogens with zero attached hydrogens (tertiary/aromatic N) is 5. The number of primary amides is 1. The summed E-state index contributed by atoms with van der Waals surface area (Å²) in [5, 5.41) is 9.37. The Balaban J connectivity index is 0.00000506. The maximum absolute atomic E-state index is 13.6. The second-order valence-corrected chi connectivity index (χ2v) is 13.0. The third-order valence-corrected chi connectivity index (χ3v) is 9.58. The lowest BCUT2D eigenvalue weighted by atomic mass is 9.82. The fourth-order valence-electron chi connectivity index (χ4n) is 7.09. The Morgan fingerprint density at radius 2 is 1.74 bits per heavy atom. The molecule has 1 aliphatic carbocycles. The van der Waals surface area contributed by atoms with Gasteiger partial charge in [-0.25, -0.2) is 0 Å². The molecule has 2 saturated heterocycles. The topological polar surface area (TPSA) is 96.9 Å². The van der Waals surface area contributed by atoms with E-state index in [1.54, 1.807) is 19.9 Å². The number of thiocarbonyl (C=S) groups is 1. The number of nitrogens with two attached hydrogens (primary N) is 1. The average molecular weight is 643 g/mol. The maximum atomic E-state index is 13.6. The Morgan fingerprint density at radius 3 is 2.28 bits per heavy atom. The molecule has 3 fully saturated rings. The molecule has 8 nitrogen and oxygen atoms in total. The SMILES string of the molecule is C[C@@H]1CN(CCC[C@H]2CC[C@H](N3C(=S)N(c4ccc(C#N)c(C(F)(F)F)c4)C(=O)C3(C)C)CC2)C[C@H](C)N1CC(N)=O.Cl. The van der Waals surface area contributed by atoms with Gasteiger partial charge in [0.1, 0.15) is 5.54 Å². The Bertz CT molecular complexity index is 1240. The molecule has 0 radical (unpaired) electrons. The van der Waals surface area contributed by atoms with Crippen LogP contribution in [0.5, 0.6) is 0 Å². The summed E-state index contributed by atoms with van der Waals surface area (Å²) >= 11 is 5.72. The third-order valence-electron chi connectivity index (χ3n) is 9.20. The second-order valence-electron chi connectivity index (χ2n) is 12.6. The van der Waals surface area contributed by atoms with E-state index in [0.29, 0.717) is 12.5 Å². The number of carbonyl (C=O) groups excluding carboxylic acids is 2. The predicted octanol–water partition coefficient (Wildman–Crippen LogP) is 4.93. The summed E-state index contributed by atoms with van der Waals surface area (Å²) in [5.74, 6) is -0.0872. The van der Waals surface area contributed by atoms with Gasteiger partial charge in [-0.2, -0.15) is 18.4 Å². The van der Waals surface area contributed by atoms with Crippen LogP contribution in [0.25, 0.3) is 0 Å². The summed E-state index contributed by atoms with van der Waals surface area (Å²) in [6, 6.07) is 5.45. The van der Waals surface area contributed by atoms with Gasteiger partial charge in [-0.05, 0) is 109 Å². The van der Waals surface area contributed by atoms with Crippen LogP contribution in [0, 0.1) is 17.2 Å². The standard InChI is InChI=1S/C30H41F3N6O2S.ClH/c1-19-16-36(17-20(2)37(19)18-26(35)40)13-5-6-21-7-10-23(11-8-21)39-28(42)38(27(41)29(39,3)4)24-12-9-22(15-34)25(14-24)30(31,32)33;/h9,12,14,19-21,23H,5-8,10-11,13,16-18H2,1-4H3,(H2,35,40);1H/t19-,20+,21-,23-;. The van der Waals surface area contributed by atoms with Crippen LogP contribution < -0.4 is 10.6 Å². The van der Waals surface area contributed by atoms with Gasteiger partial charge in [0.2, 0.25) is 5.91 Å². The van der Waals surface area contributed by atoms with Gasteiger partial charge < -0.3 is 15.5 Å². The quantitative estimate of drug-likeness (QED) is 0.402. The molecule has 2 amide bonds. The Kier molecular flexibility index (Phi) is 11.1. The lowest BCUT2D eigenvalue weighted by molar-refractivity contribution is -0.137. The Hall–Kier alpha value is -2.46. The second kappa shape index (κ2) is 13.7. The van der Waals surface area contributed by atoms with E-state index < -0.39 is 22.8 Å². The van der Waals surface area contributed by atoms with Gasteiger partial charge in [0.25, 0.3) is 5.91 Å². The monoisotopic (exact) mass is 642 g/mol. The van der Waals surface area contributed by atoms with Gasteiger partial charge in [-0.15, -0.1) is 12.4 Å². The summed E-state index contributed by atoms with van der Waals surface area (Å²) in [4.78, 5) is 32.7. The van der Waals surface area contributed by atoms with Crippen molar-refractivity contribution in [2.45, 2.75) is 96.1 Å². The van der Waals surface area contributed by atoms with E-state index in [2.05, 4.69) is 23.6 Å². The van der Waals surface area contributed by atoms with Crippen LogP contribution in [0.2, 0.25) is 0 Å². The van der Waals surface area contributed by atoms with E-state index in [-0.39, 0.29) is 53.1 Å². The molecule has 4 rings (SSSR count). The van der Waals surface area contributed by atoms with Crippen LogP contribution in [0.15, 0.2) is 18.2 Å². The van der Waals surface area contributed by atoms with Crippen molar-refractivity contribution in [1.29, 1.82) is 5.26 Å². The minimum absolute atomic E-state index is 0. The first-order chi connectivity index (χ1) is 19.6. The molecule has 0 unspecified atom stereocenters. The first-order valence-electron chi connectivity index (χ1n) is 14.7. The van der Waals surface area contributed by atoms with Crippen molar-refractivity contribution < 1.29 is 22.8 Å². The highest BCUT2D eigenvalue weighted by molar-refractivity contribution is 7.80. The highest BCUT2D eigenvalue weighted by atomic mass is 35.5. The van der Waals surface area contributed by atoms with Crippen LogP contribution in [0.1, 0.15) is 77.3 Å². The van der Waals surface area contributed by atoms with E-state index in [0.717, 1.165) is 70.3 Å². The molecular weight excluding hydrogens is 601 g/mol. The minimum atomic E-state index is -4.73. The molecule has 2 heterocycles. The number of nitriles is 1. The summed E-state index contributed by atoms with van der Waals surface area (Å²) in [5.41, 5.74) is 2.88. The van der Waals surface area contributed by atoms with Crippen LogP contribution in [-0.4, -0.2) is 81.5 Å². The molecule has 43 heavy (non-hydrogen) atoms. The number of carbonyl (C=O) groups is 2. The van der Waals surface area contributed by atoms with Gasteiger partial charge in [0.15, 0.2) is 5.11 Å². The largest absolute Gasteiger partial charge is 0.417 e. The number of amides is 2. The molecule has 1 saturated carbocycles. The zero-order chi connectivity index (χ0) is 31.0. The third kappa shape index (κ3) is 7.44. The number of hydrogen-bond donors (Lipinski definition) is 1. The van der Waals surface area contributed by atoms with Gasteiger partial charge >= 0.3 is 6.18 Å². The van der Waals surface area contributed by atoms with Crippen LogP contribution >= 0.6 is 24.6 Å². The normalized spacial score (nSPS) is 26.7. The van der Waals surface area contributed by atoms with Crippen molar-refractivity contribution in [3.63, 3.8) is 0 Å². The Labute approximate surface area is 263 Å². The van der Waals surface area contributed by atoms with Crippen molar-refractivity contribution in [2.24, 2.45) is 11.7 Å². The highest BCUT2D eigenvalue weighted by Gasteiger charge is 2.52. The fraction of sp³-hybridized carbons (Fsp3) is 0.667. The van der Waals surface area contributed by atoms with Crippen molar-refractivity contribution in [2.75, 3.05) is 31.1 Å². The molecule has 13 heteroatoms. The minimum Gasteiger partial charge on any atom is -0.369 e. The number of hydrogen-bond acceptors (Lipinski definition) is 6. The number of alkyl halides is 3. The molecule has 0 bridgehead atoms. The smallest absolute Gasteiger partial charge is 0.369 e. The number of rotatable bonds is 8. The molecule has 0 spiro atoms. The molecule has 3 aliphatic rings. The first-order valence-corrected chi connectivity index (χ1v) is 15.1. The zero-order valence-electron chi connectivity index (χ0n) is 25.2. The number of halogens is 4. The average Bonchev–Trinajstić information content (AvgIpc) is 3.08. The molecule has 2 aliphatic heterocycles. The summed E-state index contributed by atoms with van der Waals surface area (Å²) in [6.45, 7) is 11.0. The highest BCUT2D eigenvalue weighted by Crippen LogP contribution is 2.41. The number of benzene rings is 1. The van der Waals surface area contributed by atoms with Crippen LogP contribution in [0.3, 0.4) is 0 Å². The first kappa shape index (κ1) is 35.0. The summed E-state index contributed by atoms with van der Waals surface area (Å²) in [6.07, 6.45) is 1.19. The summed E-state index contributed by atoms with van der Waals surface area (Å²) in [7, 11) is 0. The van der Waals surface area contributed by atoms with E-state index in [1.165, 1.54) is 11.0 Å². The summed E-state index contributed by atoms with van der Waals surface area (Å²) < 4.78 is 40.9. The van der Waals surface area contributed by atoms with Crippen molar-refractivity contribution in [3.8, 4) is 6.07 Å². The molecule has 0 aromatic heterocycles. The zero-order valence-corrected chi connectivity index (χ0v) is 26.8. The number of anilines is 1. The van der Waals surface area contributed by atoms with Gasteiger partial charge in [0, 0.05) is 31.2 Å². The van der Waals surface area contributed by atoms with Gasteiger partial charge in [0.05, 0.1) is 29.4 Å². The maximum Gasteiger partial charge on any atom is 0.417 e. The lowest BCUT2D eigenvalue weighted by Gasteiger charge is -2.44. The fourth-order valence-corrected chi connectivity index (χ4v) is 7.66. The van der Waals surface area contributed by atoms with Gasteiger partial charge in [-0.1, -0.05) is 0 Å². The van der Waals surface area contributed by atoms with E-state index in [9.17, 15) is 22.8 Å². The molecule has 238 valence electrons. The van der Waals surface area contributed by atoms with Crippen LogP contribution in [-0.2, 0) is 15.8 Å². The Morgan fingerprint density at radius 1 is 1.14 bits per heavy atom. The number of piperazine rings is 1. The van der Waals surface area contributed by atoms with Crippen molar-refractivity contribution in [3.05, 3.63) is 29.3 Å². The van der Waals surface area contributed by atoms with Crippen molar-refractivity contribution >= 4 is 47.2 Å². The predicted molar refractivity (Wildman–Crippen MR) is 166 cm³/mol. The molecule has 1 aromatic carbocycles. The molecule has 2 N–H and O–H groups in total. The van der Waals surface area contributed by atoms with E-state index in [1.807, 2.05) is 4.90 Å². The van der Waals surface area contributed by atoms with Crippen molar-refractivity contribution in [1.82, 2.24) is 14.7 Å². The van der Waals surface area contributed by atoms with E-state index in [4.69, 9.17) is 23.2 Å². The molecular formula is C30H42ClF3N6O2S. The molecule has 1 aromatic rings. The van der Waals surface area contributed by atoms with Gasteiger partial charge in [-0.3, -0.25) is 19.4 Å². The van der Waals surface area contributed by atoms with Crippen LogP contribution in [0.4, 0.5) is 18.9 Å². The van der Waals surface area contributed by atoms with E-state index >= 15 is 0 Å².